The molecule has 0 aromatic heterocycles. The van der Waals surface area contributed by atoms with Crippen LogP contribution in [0.15, 0.2) is 67.3 Å². The van der Waals surface area contributed by atoms with Gasteiger partial charge in [-0.15, -0.1) is 6.58 Å². The van der Waals surface area contributed by atoms with Crippen molar-refractivity contribution in [2.24, 2.45) is 0 Å². The fraction of sp³-hybridized carbons (Fsp3) is 0.333. The van der Waals surface area contributed by atoms with Gasteiger partial charge in [0.25, 0.3) is 0 Å². The molecule has 0 aliphatic carbocycles. The minimum atomic E-state index is 0.410. The van der Waals surface area contributed by atoms with Gasteiger partial charge >= 0.3 is 0 Å². The van der Waals surface area contributed by atoms with Crippen molar-refractivity contribution in [3.05, 3.63) is 78.4 Å². The second-order valence-electron chi connectivity index (χ2n) is 6.17. The Morgan fingerprint density at radius 3 is 2.42 bits per heavy atom. The molecule has 1 atom stereocenters. The summed E-state index contributed by atoms with van der Waals surface area (Å²) < 4.78 is 5.89. The Bertz CT molecular complexity index is 618. The fourth-order valence-corrected chi connectivity index (χ4v) is 3.17. The third kappa shape index (κ3) is 4.47. The minimum absolute atomic E-state index is 0.410. The summed E-state index contributed by atoms with van der Waals surface area (Å²) in [6, 6.07) is 19.2. The Hall–Kier alpha value is -2.10. The summed E-state index contributed by atoms with van der Waals surface area (Å²) >= 11 is 0. The van der Waals surface area contributed by atoms with E-state index in [4.69, 9.17) is 4.74 Å². The summed E-state index contributed by atoms with van der Waals surface area (Å²) in [7, 11) is 0. The van der Waals surface area contributed by atoms with Crippen LogP contribution < -0.4 is 10.1 Å². The third-order valence-corrected chi connectivity index (χ3v) is 4.50. The van der Waals surface area contributed by atoms with Crippen molar-refractivity contribution in [2.45, 2.75) is 19.1 Å². The Labute approximate surface area is 145 Å². The van der Waals surface area contributed by atoms with Crippen LogP contribution in [-0.2, 0) is 6.61 Å². The lowest BCUT2D eigenvalue weighted by Crippen LogP contribution is -2.45. The summed E-state index contributed by atoms with van der Waals surface area (Å²) in [6.07, 6.45) is 3.00. The summed E-state index contributed by atoms with van der Waals surface area (Å²) in [4.78, 5) is 2.54. The van der Waals surface area contributed by atoms with Crippen molar-refractivity contribution in [3.8, 4) is 5.75 Å². The van der Waals surface area contributed by atoms with Crippen LogP contribution in [0.2, 0.25) is 0 Å². The molecular weight excluding hydrogens is 296 g/mol. The Balaban J connectivity index is 1.64. The molecule has 3 nitrogen and oxygen atoms in total. The zero-order valence-corrected chi connectivity index (χ0v) is 14.2. The second-order valence-corrected chi connectivity index (χ2v) is 6.17. The van der Waals surface area contributed by atoms with Gasteiger partial charge in [-0.2, -0.15) is 0 Å². The van der Waals surface area contributed by atoms with Gasteiger partial charge in [0.1, 0.15) is 12.4 Å². The van der Waals surface area contributed by atoms with Crippen molar-refractivity contribution in [3.63, 3.8) is 0 Å². The number of nitrogens with zero attached hydrogens (tertiary/aromatic N) is 1. The van der Waals surface area contributed by atoms with Gasteiger partial charge in [-0.05, 0) is 29.7 Å². The van der Waals surface area contributed by atoms with Crippen LogP contribution in [-0.4, -0.2) is 31.1 Å². The molecule has 24 heavy (non-hydrogen) atoms. The Morgan fingerprint density at radius 1 is 1.04 bits per heavy atom. The van der Waals surface area contributed by atoms with E-state index in [1.54, 1.807) is 0 Å². The van der Waals surface area contributed by atoms with E-state index >= 15 is 0 Å². The van der Waals surface area contributed by atoms with Crippen molar-refractivity contribution in [2.75, 3.05) is 26.2 Å². The van der Waals surface area contributed by atoms with E-state index in [2.05, 4.69) is 53.2 Å². The molecule has 3 heteroatoms. The summed E-state index contributed by atoms with van der Waals surface area (Å²) in [5.74, 6) is 0.917. The third-order valence-electron chi connectivity index (χ3n) is 4.50. The molecule has 0 bridgehead atoms. The van der Waals surface area contributed by atoms with Crippen molar-refractivity contribution < 1.29 is 4.74 Å². The first kappa shape index (κ1) is 16.7. The standard InChI is InChI=1S/C21H26N2O/c1-2-6-21(23-15-13-22-14-16-23)19-9-11-20(12-10-19)24-17-18-7-4-3-5-8-18/h2-5,7-12,21-22H,1,6,13-17H2/t21-/m1/s1. The van der Waals surface area contributed by atoms with Crippen LogP contribution >= 0.6 is 0 Å². The molecular formula is C21H26N2O. The average Bonchev–Trinajstić information content (AvgIpc) is 2.66. The van der Waals surface area contributed by atoms with Gasteiger partial charge in [-0.1, -0.05) is 48.5 Å². The molecule has 0 spiro atoms. The number of nitrogens with one attached hydrogen (secondary N) is 1. The molecule has 2 aromatic carbocycles. The maximum Gasteiger partial charge on any atom is 0.119 e. The lowest BCUT2D eigenvalue weighted by Gasteiger charge is -2.34. The van der Waals surface area contributed by atoms with Crippen LogP contribution in [0.4, 0.5) is 0 Å². The van der Waals surface area contributed by atoms with E-state index in [1.165, 1.54) is 11.1 Å². The number of rotatable bonds is 7. The molecule has 0 saturated carbocycles. The number of piperazine rings is 1. The SMILES string of the molecule is C=CC[C@H](c1ccc(OCc2ccccc2)cc1)N1CCNCC1. The predicted molar refractivity (Wildman–Crippen MR) is 99.2 cm³/mol. The highest BCUT2D eigenvalue weighted by molar-refractivity contribution is 5.30. The molecule has 0 unspecified atom stereocenters. The second kappa shape index (κ2) is 8.67. The highest BCUT2D eigenvalue weighted by Crippen LogP contribution is 2.27. The smallest absolute Gasteiger partial charge is 0.119 e. The van der Waals surface area contributed by atoms with Crippen LogP contribution in [0.1, 0.15) is 23.6 Å². The largest absolute Gasteiger partial charge is 0.489 e. The van der Waals surface area contributed by atoms with E-state index in [9.17, 15) is 0 Å². The van der Waals surface area contributed by atoms with Gasteiger partial charge in [-0.3, -0.25) is 4.90 Å². The Morgan fingerprint density at radius 2 is 1.75 bits per heavy atom. The van der Waals surface area contributed by atoms with Gasteiger partial charge in [-0.25, -0.2) is 0 Å². The first-order valence-corrected chi connectivity index (χ1v) is 8.69. The maximum atomic E-state index is 5.89. The first-order valence-electron chi connectivity index (χ1n) is 8.69. The molecule has 0 amide bonds. The van der Waals surface area contributed by atoms with Gasteiger partial charge in [0.2, 0.25) is 0 Å². The monoisotopic (exact) mass is 322 g/mol. The van der Waals surface area contributed by atoms with Gasteiger partial charge < -0.3 is 10.1 Å². The quantitative estimate of drug-likeness (QED) is 0.785. The zero-order chi connectivity index (χ0) is 16.6. The molecule has 2 aromatic rings. The zero-order valence-electron chi connectivity index (χ0n) is 14.2. The van der Waals surface area contributed by atoms with Gasteiger partial charge in [0, 0.05) is 32.2 Å². The number of benzene rings is 2. The summed E-state index contributed by atoms with van der Waals surface area (Å²) in [5.41, 5.74) is 2.52. The van der Waals surface area contributed by atoms with Crippen molar-refractivity contribution in [1.29, 1.82) is 0 Å². The van der Waals surface area contributed by atoms with E-state index in [0.717, 1.165) is 38.3 Å². The molecule has 1 N–H and O–H groups in total. The van der Waals surface area contributed by atoms with Crippen LogP contribution in [0.5, 0.6) is 5.75 Å². The van der Waals surface area contributed by atoms with Crippen molar-refractivity contribution in [1.82, 2.24) is 10.2 Å². The van der Waals surface area contributed by atoms with Crippen LogP contribution in [0.25, 0.3) is 0 Å². The topological polar surface area (TPSA) is 24.5 Å². The van der Waals surface area contributed by atoms with Gasteiger partial charge in [0.05, 0.1) is 0 Å². The highest BCUT2D eigenvalue weighted by Gasteiger charge is 2.20. The summed E-state index contributed by atoms with van der Waals surface area (Å²) in [6.45, 7) is 8.84. The molecule has 1 saturated heterocycles. The van der Waals surface area contributed by atoms with Crippen molar-refractivity contribution >= 4 is 0 Å². The van der Waals surface area contributed by atoms with Crippen LogP contribution in [0.3, 0.4) is 0 Å². The van der Waals surface area contributed by atoms with E-state index in [1.807, 2.05) is 24.3 Å². The van der Waals surface area contributed by atoms with E-state index < -0.39 is 0 Å². The Kier molecular flexibility index (Phi) is 6.05. The molecule has 126 valence electrons. The maximum absolute atomic E-state index is 5.89. The molecule has 3 rings (SSSR count). The molecule has 0 radical (unpaired) electrons. The lowest BCUT2D eigenvalue weighted by atomic mass is 10.0. The molecule has 1 aliphatic heterocycles. The van der Waals surface area contributed by atoms with Crippen LogP contribution in [0, 0.1) is 0 Å². The number of ether oxygens (including phenoxy) is 1. The number of hydrogen-bond acceptors (Lipinski definition) is 3. The minimum Gasteiger partial charge on any atom is -0.489 e. The predicted octanol–water partition coefficient (Wildman–Crippen LogP) is 3.79. The number of hydrogen-bond donors (Lipinski definition) is 1. The summed E-state index contributed by atoms with van der Waals surface area (Å²) in [5, 5.41) is 3.42. The molecule has 1 fully saturated rings. The normalized spacial score (nSPS) is 16.5. The molecule has 1 aliphatic rings. The fourth-order valence-electron chi connectivity index (χ4n) is 3.17. The first-order chi connectivity index (χ1) is 11.9. The molecule has 1 heterocycles. The van der Waals surface area contributed by atoms with E-state index in [-0.39, 0.29) is 0 Å². The van der Waals surface area contributed by atoms with E-state index in [0.29, 0.717) is 12.6 Å². The average molecular weight is 322 g/mol. The van der Waals surface area contributed by atoms with Gasteiger partial charge in [0.15, 0.2) is 0 Å². The lowest BCUT2D eigenvalue weighted by molar-refractivity contribution is 0.174. The highest BCUT2D eigenvalue weighted by atomic mass is 16.5.